The molecular weight excluding hydrogens is 492 g/mol. The second-order valence-electron chi connectivity index (χ2n) is 9.45. The van der Waals surface area contributed by atoms with Crippen LogP contribution in [-0.4, -0.2) is 36.4 Å². The maximum atomic E-state index is 12.8. The van der Waals surface area contributed by atoms with Crippen LogP contribution in [0.15, 0.2) is 103 Å². The number of hydrogen-bond donors (Lipinski definition) is 2. The van der Waals surface area contributed by atoms with Gasteiger partial charge in [-0.3, -0.25) is 4.79 Å². The van der Waals surface area contributed by atoms with E-state index in [1.54, 1.807) is 12.1 Å². The second kappa shape index (κ2) is 12.2. The molecule has 7 heteroatoms. The molecule has 0 fully saturated rings. The third-order valence-corrected chi connectivity index (χ3v) is 6.70. The number of ether oxygens (including phenoxy) is 2. The lowest BCUT2D eigenvalue weighted by atomic mass is 10.0. The molecule has 0 spiro atoms. The molecule has 0 aromatic heterocycles. The van der Waals surface area contributed by atoms with Crippen LogP contribution in [0.4, 0.5) is 5.69 Å². The highest BCUT2D eigenvalue weighted by Crippen LogP contribution is 2.32. The molecule has 1 aliphatic heterocycles. The van der Waals surface area contributed by atoms with Gasteiger partial charge in [0.15, 0.2) is 11.5 Å². The molecule has 7 nitrogen and oxygen atoms in total. The molecule has 1 heterocycles. The first-order valence-electron chi connectivity index (χ1n) is 12.9. The first-order valence-corrected chi connectivity index (χ1v) is 12.9. The van der Waals surface area contributed by atoms with Gasteiger partial charge in [-0.05, 0) is 59.5 Å². The number of nitrogens with one attached hydrogen (secondary N) is 1. The van der Waals surface area contributed by atoms with Crippen LogP contribution >= 0.6 is 0 Å². The standard InChI is InChI=1S/C32H30N2O5/c35-31(33-28(32(36)37)19-23-7-3-1-4-8-23)26-14-11-25(12-15-26)21-34(27-9-5-2-6-10-27)18-17-24-13-16-29-30(20-24)39-22-38-29/h1-16,20,28H,17-19,21-22H2,(H,33,35)(H,36,37). The molecule has 4 aromatic carbocycles. The molecule has 0 bridgehead atoms. The lowest BCUT2D eigenvalue weighted by molar-refractivity contribution is -0.139. The Morgan fingerprint density at radius 3 is 2.18 bits per heavy atom. The fourth-order valence-electron chi connectivity index (χ4n) is 4.57. The van der Waals surface area contributed by atoms with Gasteiger partial charge in [0.05, 0.1) is 0 Å². The summed E-state index contributed by atoms with van der Waals surface area (Å²) in [6.45, 7) is 1.70. The Kier molecular flexibility index (Phi) is 8.07. The molecule has 1 atom stereocenters. The third-order valence-electron chi connectivity index (χ3n) is 6.70. The van der Waals surface area contributed by atoms with E-state index in [1.165, 1.54) is 0 Å². The number of para-hydroxylation sites is 1. The van der Waals surface area contributed by atoms with Crippen molar-refractivity contribution in [2.24, 2.45) is 0 Å². The highest BCUT2D eigenvalue weighted by Gasteiger charge is 2.21. The zero-order valence-corrected chi connectivity index (χ0v) is 21.5. The van der Waals surface area contributed by atoms with E-state index in [-0.39, 0.29) is 13.2 Å². The third kappa shape index (κ3) is 6.76. The number of fused-ring (bicyclic) bond motifs is 1. The monoisotopic (exact) mass is 522 g/mol. The van der Waals surface area contributed by atoms with Crippen LogP contribution in [-0.2, 0) is 24.2 Å². The van der Waals surface area contributed by atoms with E-state index in [2.05, 4.69) is 28.4 Å². The summed E-state index contributed by atoms with van der Waals surface area (Å²) in [7, 11) is 0. The van der Waals surface area contributed by atoms with Crippen molar-refractivity contribution < 1.29 is 24.2 Å². The summed E-state index contributed by atoms with van der Waals surface area (Å²) in [6, 6.07) is 31.8. The molecular formula is C32H30N2O5. The Labute approximate surface area is 227 Å². The molecule has 0 saturated heterocycles. The van der Waals surface area contributed by atoms with Crippen molar-refractivity contribution in [3.05, 3.63) is 125 Å². The molecule has 1 amide bonds. The van der Waals surface area contributed by atoms with Gasteiger partial charge in [-0.1, -0.05) is 66.7 Å². The zero-order chi connectivity index (χ0) is 27.0. The van der Waals surface area contributed by atoms with Crippen LogP contribution in [0, 0.1) is 0 Å². The van der Waals surface area contributed by atoms with Crippen molar-refractivity contribution in [1.29, 1.82) is 0 Å². The van der Waals surface area contributed by atoms with Gasteiger partial charge in [-0.15, -0.1) is 0 Å². The number of carboxylic acid groups (broad SMARTS) is 1. The maximum Gasteiger partial charge on any atom is 0.326 e. The minimum absolute atomic E-state index is 0.218. The molecule has 0 radical (unpaired) electrons. The zero-order valence-electron chi connectivity index (χ0n) is 21.5. The predicted molar refractivity (Wildman–Crippen MR) is 149 cm³/mol. The summed E-state index contributed by atoms with van der Waals surface area (Å²) < 4.78 is 10.9. The summed E-state index contributed by atoms with van der Waals surface area (Å²) in [5.41, 5.74) is 4.58. The molecule has 198 valence electrons. The van der Waals surface area contributed by atoms with Crippen molar-refractivity contribution in [2.45, 2.75) is 25.4 Å². The summed E-state index contributed by atoms with van der Waals surface area (Å²) in [5, 5.41) is 12.3. The van der Waals surface area contributed by atoms with Crippen molar-refractivity contribution in [3.63, 3.8) is 0 Å². The summed E-state index contributed by atoms with van der Waals surface area (Å²) in [4.78, 5) is 26.9. The van der Waals surface area contributed by atoms with Gasteiger partial charge in [-0.25, -0.2) is 4.79 Å². The normalized spacial score (nSPS) is 12.5. The van der Waals surface area contributed by atoms with Crippen LogP contribution < -0.4 is 19.7 Å². The number of nitrogens with zero attached hydrogens (tertiary/aromatic N) is 1. The van der Waals surface area contributed by atoms with Crippen LogP contribution in [0.1, 0.15) is 27.0 Å². The number of benzene rings is 4. The Balaban J connectivity index is 1.24. The number of amides is 1. The predicted octanol–water partition coefficient (Wildman–Crippen LogP) is 5.09. The van der Waals surface area contributed by atoms with E-state index in [4.69, 9.17) is 9.47 Å². The van der Waals surface area contributed by atoms with E-state index >= 15 is 0 Å². The van der Waals surface area contributed by atoms with Gasteiger partial charge in [0, 0.05) is 30.8 Å². The molecule has 5 rings (SSSR count). The fourth-order valence-corrected chi connectivity index (χ4v) is 4.57. The molecule has 2 N–H and O–H groups in total. The SMILES string of the molecule is O=C(NC(Cc1ccccc1)C(=O)O)c1ccc(CN(CCc2ccc3c(c2)OCO3)c2ccccc2)cc1. The van der Waals surface area contributed by atoms with E-state index in [0.29, 0.717) is 12.1 Å². The number of rotatable bonds is 11. The average molecular weight is 523 g/mol. The highest BCUT2D eigenvalue weighted by molar-refractivity contribution is 5.96. The van der Waals surface area contributed by atoms with Crippen molar-refractivity contribution in [2.75, 3.05) is 18.2 Å². The van der Waals surface area contributed by atoms with Crippen LogP contribution in [0.3, 0.4) is 0 Å². The molecule has 1 unspecified atom stereocenters. The fraction of sp³-hybridized carbons (Fsp3) is 0.188. The van der Waals surface area contributed by atoms with Gasteiger partial charge in [0.2, 0.25) is 6.79 Å². The van der Waals surface area contributed by atoms with Crippen molar-refractivity contribution in [3.8, 4) is 11.5 Å². The van der Waals surface area contributed by atoms with Gasteiger partial charge >= 0.3 is 5.97 Å². The number of hydrogen-bond acceptors (Lipinski definition) is 5. The summed E-state index contributed by atoms with van der Waals surface area (Å²) >= 11 is 0. The Bertz CT molecular complexity index is 1410. The number of carbonyl (C=O) groups excluding carboxylic acids is 1. The Morgan fingerprint density at radius 1 is 0.795 bits per heavy atom. The van der Waals surface area contributed by atoms with Crippen molar-refractivity contribution in [1.82, 2.24) is 5.32 Å². The number of carboxylic acids is 1. The summed E-state index contributed by atoms with van der Waals surface area (Å²) in [5.74, 6) is 0.0801. The van der Waals surface area contributed by atoms with E-state index < -0.39 is 17.9 Å². The highest BCUT2D eigenvalue weighted by atomic mass is 16.7. The minimum atomic E-state index is -1.07. The molecule has 39 heavy (non-hydrogen) atoms. The lowest BCUT2D eigenvalue weighted by Gasteiger charge is -2.25. The number of anilines is 1. The van der Waals surface area contributed by atoms with Crippen LogP contribution in [0.25, 0.3) is 0 Å². The van der Waals surface area contributed by atoms with E-state index in [9.17, 15) is 14.7 Å². The smallest absolute Gasteiger partial charge is 0.326 e. The van der Waals surface area contributed by atoms with Gasteiger partial charge < -0.3 is 24.8 Å². The quantitative estimate of drug-likeness (QED) is 0.285. The molecule has 1 aliphatic rings. The first-order chi connectivity index (χ1) is 19.0. The van der Waals surface area contributed by atoms with Gasteiger partial charge in [0.25, 0.3) is 5.91 Å². The van der Waals surface area contributed by atoms with Crippen LogP contribution in [0.5, 0.6) is 11.5 Å². The molecule has 0 aliphatic carbocycles. The van der Waals surface area contributed by atoms with E-state index in [0.717, 1.165) is 46.8 Å². The number of aliphatic carboxylic acids is 1. The van der Waals surface area contributed by atoms with Gasteiger partial charge in [-0.2, -0.15) is 0 Å². The van der Waals surface area contributed by atoms with E-state index in [1.807, 2.05) is 72.8 Å². The topological polar surface area (TPSA) is 88.1 Å². The Morgan fingerprint density at radius 2 is 1.46 bits per heavy atom. The minimum Gasteiger partial charge on any atom is -0.480 e. The average Bonchev–Trinajstić information content (AvgIpc) is 3.44. The van der Waals surface area contributed by atoms with Crippen molar-refractivity contribution >= 4 is 17.6 Å². The number of carbonyl (C=O) groups is 2. The largest absolute Gasteiger partial charge is 0.480 e. The van der Waals surface area contributed by atoms with Crippen LogP contribution in [0.2, 0.25) is 0 Å². The first kappa shape index (κ1) is 25.9. The Hall–Kier alpha value is -4.78. The molecule has 4 aromatic rings. The van der Waals surface area contributed by atoms with Gasteiger partial charge in [0.1, 0.15) is 6.04 Å². The lowest BCUT2D eigenvalue weighted by Crippen LogP contribution is -2.42. The maximum absolute atomic E-state index is 12.8. The summed E-state index contributed by atoms with van der Waals surface area (Å²) in [6.07, 6.45) is 1.04. The second-order valence-corrected chi connectivity index (χ2v) is 9.45. The molecule has 0 saturated carbocycles.